The Labute approximate surface area is 92.3 Å². The third kappa shape index (κ3) is 3.20. The molecular weight excluding hydrogens is 186 g/mol. The molecule has 0 saturated carbocycles. The average molecular weight is 207 g/mol. The summed E-state index contributed by atoms with van der Waals surface area (Å²) in [6.07, 6.45) is 3.72. The minimum absolute atomic E-state index is 0.143. The third-order valence-electron chi connectivity index (χ3n) is 2.62. The second kappa shape index (κ2) is 4.62. The van der Waals surface area contributed by atoms with Crippen molar-refractivity contribution in [3.05, 3.63) is 24.0 Å². The van der Waals surface area contributed by atoms with E-state index in [4.69, 9.17) is 5.73 Å². The predicted octanol–water partition coefficient (Wildman–Crippen LogP) is 1.81. The molecule has 3 nitrogen and oxygen atoms in total. The maximum Gasteiger partial charge on any atom is 0.0424 e. The molecule has 0 radical (unpaired) electrons. The fourth-order valence-electron chi connectivity index (χ4n) is 1.69. The van der Waals surface area contributed by atoms with Crippen LogP contribution in [0.5, 0.6) is 0 Å². The fourth-order valence-corrected chi connectivity index (χ4v) is 1.69. The summed E-state index contributed by atoms with van der Waals surface area (Å²) in [5.74, 6) is 0. The number of nitrogens with two attached hydrogens (primary N) is 1. The van der Waals surface area contributed by atoms with E-state index >= 15 is 0 Å². The Hall–Kier alpha value is -1.09. The number of hydrogen-bond donors (Lipinski definition) is 1. The number of pyridine rings is 1. The zero-order valence-corrected chi connectivity index (χ0v) is 10.1. The van der Waals surface area contributed by atoms with Crippen molar-refractivity contribution in [2.24, 2.45) is 11.1 Å². The van der Waals surface area contributed by atoms with Crippen molar-refractivity contribution in [1.82, 2.24) is 4.98 Å². The Kier molecular flexibility index (Phi) is 3.69. The van der Waals surface area contributed by atoms with Crippen LogP contribution in [0.2, 0.25) is 0 Å². The van der Waals surface area contributed by atoms with E-state index in [9.17, 15) is 0 Å². The van der Waals surface area contributed by atoms with E-state index in [1.54, 1.807) is 0 Å². The lowest BCUT2D eigenvalue weighted by Crippen LogP contribution is -2.37. The largest absolute Gasteiger partial charge is 0.374 e. The first-order valence-electron chi connectivity index (χ1n) is 5.28. The zero-order valence-electron chi connectivity index (χ0n) is 10.1. The van der Waals surface area contributed by atoms with Crippen molar-refractivity contribution in [3.63, 3.8) is 0 Å². The maximum absolute atomic E-state index is 5.73. The normalized spacial score (nSPS) is 11.5. The van der Waals surface area contributed by atoms with Gasteiger partial charge in [0.25, 0.3) is 0 Å². The van der Waals surface area contributed by atoms with Gasteiger partial charge in [0.05, 0.1) is 0 Å². The summed E-state index contributed by atoms with van der Waals surface area (Å²) in [4.78, 5) is 6.33. The predicted molar refractivity (Wildman–Crippen MR) is 65.1 cm³/mol. The molecule has 0 saturated heterocycles. The molecule has 0 aliphatic rings. The molecule has 0 spiro atoms. The lowest BCUT2D eigenvalue weighted by atomic mass is 9.93. The molecule has 0 bridgehead atoms. The van der Waals surface area contributed by atoms with Crippen LogP contribution in [0.3, 0.4) is 0 Å². The summed E-state index contributed by atoms with van der Waals surface area (Å²) in [6, 6.07) is 2.04. The van der Waals surface area contributed by atoms with Gasteiger partial charge in [-0.15, -0.1) is 0 Å². The van der Waals surface area contributed by atoms with Crippen LogP contribution in [0.15, 0.2) is 18.5 Å². The van der Waals surface area contributed by atoms with E-state index in [1.165, 1.54) is 11.3 Å². The highest BCUT2D eigenvalue weighted by atomic mass is 15.1. The molecule has 0 unspecified atom stereocenters. The Morgan fingerprint density at radius 1 is 1.47 bits per heavy atom. The molecule has 0 fully saturated rings. The van der Waals surface area contributed by atoms with Gasteiger partial charge in [-0.3, -0.25) is 4.98 Å². The minimum atomic E-state index is 0.143. The fraction of sp³-hybridized carbons (Fsp3) is 0.583. The van der Waals surface area contributed by atoms with Gasteiger partial charge in [-0.1, -0.05) is 13.8 Å². The first kappa shape index (κ1) is 12.0. The van der Waals surface area contributed by atoms with Crippen LogP contribution >= 0.6 is 0 Å². The van der Waals surface area contributed by atoms with E-state index in [0.29, 0.717) is 6.54 Å². The second-order valence-corrected chi connectivity index (χ2v) is 4.89. The lowest BCUT2D eigenvalue weighted by molar-refractivity contribution is 0.385. The molecule has 1 aromatic rings. The van der Waals surface area contributed by atoms with E-state index < -0.39 is 0 Å². The summed E-state index contributed by atoms with van der Waals surface area (Å²) >= 11 is 0. The van der Waals surface area contributed by atoms with Gasteiger partial charge in [0, 0.05) is 31.7 Å². The van der Waals surface area contributed by atoms with Crippen molar-refractivity contribution in [2.75, 3.05) is 25.0 Å². The SMILES string of the molecule is Cc1cnccc1N(C)CC(C)(C)CN. The van der Waals surface area contributed by atoms with Gasteiger partial charge in [-0.05, 0) is 30.5 Å². The summed E-state index contributed by atoms with van der Waals surface area (Å²) < 4.78 is 0. The van der Waals surface area contributed by atoms with Gasteiger partial charge in [0.15, 0.2) is 0 Å². The van der Waals surface area contributed by atoms with Gasteiger partial charge < -0.3 is 10.6 Å². The maximum atomic E-state index is 5.73. The smallest absolute Gasteiger partial charge is 0.0424 e. The van der Waals surface area contributed by atoms with Crippen molar-refractivity contribution >= 4 is 5.69 Å². The third-order valence-corrected chi connectivity index (χ3v) is 2.62. The molecule has 1 heterocycles. The molecule has 0 amide bonds. The highest BCUT2D eigenvalue weighted by molar-refractivity contribution is 5.50. The van der Waals surface area contributed by atoms with E-state index in [-0.39, 0.29) is 5.41 Å². The van der Waals surface area contributed by atoms with Crippen LogP contribution in [0.4, 0.5) is 5.69 Å². The Balaban J connectivity index is 2.78. The molecule has 0 atom stereocenters. The molecule has 2 N–H and O–H groups in total. The van der Waals surface area contributed by atoms with Crippen LogP contribution in [-0.2, 0) is 0 Å². The number of anilines is 1. The van der Waals surface area contributed by atoms with Crippen LogP contribution in [-0.4, -0.2) is 25.1 Å². The first-order chi connectivity index (χ1) is 6.96. The molecular formula is C12H21N3. The van der Waals surface area contributed by atoms with E-state index in [1.807, 2.05) is 18.5 Å². The monoisotopic (exact) mass is 207 g/mol. The lowest BCUT2D eigenvalue weighted by Gasteiger charge is -2.31. The highest BCUT2D eigenvalue weighted by Crippen LogP contribution is 2.21. The number of hydrogen-bond acceptors (Lipinski definition) is 3. The molecule has 0 aromatic carbocycles. The standard InChI is InChI=1S/C12H21N3/c1-10-7-14-6-5-11(10)15(4)9-12(2,3)8-13/h5-7H,8-9,13H2,1-4H3. The van der Waals surface area contributed by atoms with Gasteiger partial charge >= 0.3 is 0 Å². The Morgan fingerprint density at radius 2 is 2.13 bits per heavy atom. The topological polar surface area (TPSA) is 42.2 Å². The quantitative estimate of drug-likeness (QED) is 0.818. The molecule has 1 aromatic heterocycles. The molecule has 0 aliphatic heterocycles. The molecule has 84 valence electrons. The summed E-state index contributed by atoms with van der Waals surface area (Å²) in [5, 5.41) is 0. The summed E-state index contributed by atoms with van der Waals surface area (Å²) in [7, 11) is 2.10. The Morgan fingerprint density at radius 3 is 2.67 bits per heavy atom. The summed E-state index contributed by atoms with van der Waals surface area (Å²) in [6.45, 7) is 8.09. The second-order valence-electron chi connectivity index (χ2n) is 4.89. The first-order valence-corrected chi connectivity index (χ1v) is 5.28. The molecule has 3 heteroatoms. The number of rotatable bonds is 4. The van der Waals surface area contributed by atoms with Crippen LogP contribution in [0.1, 0.15) is 19.4 Å². The van der Waals surface area contributed by atoms with Gasteiger partial charge in [-0.2, -0.15) is 0 Å². The highest BCUT2D eigenvalue weighted by Gasteiger charge is 2.18. The van der Waals surface area contributed by atoms with Crippen molar-refractivity contribution in [1.29, 1.82) is 0 Å². The van der Waals surface area contributed by atoms with E-state index in [0.717, 1.165) is 6.54 Å². The zero-order chi connectivity index (χ0) is 11.5. The van der Waals surface area contributed by atoms with Crippen molar-refractivity contribution in [3.8, 4) is 0 Å². The molecule has 1 rings (SSSR count). The average Bonchev–Trinajstić information content (AvgIpc) is 2.17. The van der Waals surface area contributed by atoms with Crippen molar-refractivity contribution in [2.45, 2.75) is 20.8 Å². The molecule has 0 aliphatic carbocycles. The number of nitrogens with zero attached hydrogens (tertiary/aromatic N) is 2. The minimum Gasteiger partial charge on any atom is -0.374 e. The van der Waals surface area contributed by atoms with Crippen LogP contribution < -0.4 is 10.6 Å². The van der Waals surface area contributed by atoms with Crippen LogP contribution in [0.25, 0.3) is 0 Å². The number of aryl methyl sites for hydroxylation is 1. The summed E-state index contributed by atoms with van der Waals surface area (Å²) in [5.41, 5.74) is 8.30. The Bertz CT molecular complexity index is 320. The van der Waals surface area contributed by atoms with Crippen LogP contribution in [0, 0.1) is 12.3 Å². The van der Waals surface area contributed by atoms with Crippen molar-refractivity contribution < 1.29 is 0 Å². The van der Waals surface area contributed by atoms with Gasteiger partial charge in [-0.25, -0.2) is 0 Å². The van der Waals surface area contributed by atoms with Gasteiger partial charge in [0.2, 0.25) is 0 Å². The van der Waals surface area contributed by atoms with Gasteiger partial charge in [0.1, 0.15) is 0 Å². The molecule has 15 heavy (non-hydrogen) atoms. The number of aromatic nitrogens is 1. The van der Waals surface area contributed by atoms with E-state index in [2.05, 4.69) is 37.7 Å².